The number of aryl methyl sites for hydroxylation is 1. The first-order valence-electron chi connectivity index (χ1n) is 6.66. The average Bonchev–Trinajstić information content (AvgIpc) is 2.65. The smallest absolute Gasteiger partial charge is 0.263 e. The highest BCUT2D eigenvalue weighted by Gasteiger charge is 2.18. The molecule has 0 aliphatic heterocycles. The molecule has 0 saturated heterocycles. The third-order valence-corrected chi connectivity index (χ3v) is 4.33. The highest BCUT2D eigenvalue weighted by molar-refractivity contribution is 7.21. The fourth-order valence-electron chi connectivity index (χ4n) is 2.25. The number of nitrogens with two attached hydrogens (primary N) is 1. The highest BCUT2D eigenvalue weighted by Crippen LogP contribution is 2.34. The number of amides is 1. The highest BCUT2D eigenvalue weighted by atomic mass is 32.1. The van der Waals surface area contributed by atoms with E-state index >= 15 is 0 Å². The zero-order valence-corrected chi connectivity index (χ0v) is 12.8. The zero-order valence-electron chi connectivity index (χ0n) is 11.9. The number of hydrogen-bond donors (Lipinski definition) is 3. The third-order valence-electron chi connectivity index (χ3n) is 3.16. The quantitative estimate of drug-likeness (QED) is 0.811. The van der Waals surface area contributed by atoms with Crippen LogP contribution >= 0.6 is 11.3 Å². The van der Waals surface area contributed by atoms with Crippen molar-refractivity contribution in [2.75, 3.05) is 5.73 Å². The number of anilines is 1. The van der Waals surface area contributed by atoms with E-state index in [1.807, 2.05) is 32.0 Å². The van der Waals surface area contributed by atoms with Gasteiger partial charge >= 0.3 is 0 Å². The molecule has 1 aromatic carbocycles. The first-order chi connectivity index (χ1) is 9.38. The summed E-state index contributed by atoms with van der Waals surface area (Å²) in [5, 5.41) is 13.1. The van der Waals surface area contributed by atoms with Crippen molar-refractivity contribution in [1.82, 2.24) is 5.32 Å². The van der Waals surface area contributed by atoms with Crippen LogP contribution < -0.4 is 11.1 Å². The second-order valence-electron chi connectivity index (χ2n) is 5.30. The number of carbonyl (C=O) groups is 1. The maximum Gasteiger partial charge on any atom is 0.263 e. The van der Waals surface area contributed by atoms with E-state index in [9.17, 15) is 9.90 Å². The number of carbonyl (C=O) groups excluding carboxylic acids is 1. The number of nitrogens with one attached hydrogen (secondary N) is 1. The first kappa shape index (κ1) is 14.8. The van der Waals surface area contributed by atoms with Crippen molar-refractivity contribution in [3.8, 4) is 0 Å². The molecule has 0 spiro atoms. The minimum Gasteiger partial charge on any atom is -0.397 e. The molecule has 4 N–H and O–H groups in total. The van der Waals surface area contributed by atoms with Crippen molar-refractivity contribution < 1.29 is 9.90 Å². The van der Waals surface area contributed by atoms with Gasteiger partial charge in [0.1, 0.15) is 4.88 Å². The number of thiophene rings is 1. The van der Waals surface area contributed by atoms with Crippen LogP contribution in [-0.4, -0.2) is 23.2 Å². The lowest BCUT2D eigenvalue weighted by molar-refractivity contribution is 0.0928. The molecular formula is C15H20N2O2S. The van der Waals surface area contributed by atoms with E-state index in [-0.39, 0.29) is 11.9 Å². The maximum absolute atomic E-state index is 12.2. The summed E-state index contributed by atoms with van der Waals surface area (Å²) in [5.74, 6) is -0.172. The van der Waals surface area contributed by atoms with Gasteiger partial charge in [-0.2, -0.15) is 0 Å². The van der Waals surface area contributed by atoms with Crippen LogP contribution in [0.2, 0.25) is 0 Å². The van der Waals surface area contributed by atoms with E-state index in [4.69, 9.17) is 5.73 Å². The Balaban J connectivity index is 2.24. The second kappa shape index (κ2) is 5.81. The van der Waals surface area contributed by atoms with Crippen LogP contribution in [0.3, 0.4) is 0 Å². The molecule has 1 aromatic heterocycles. The van der Waals surface area contributed by atoms with Gasteiger partial charge in [0.15, 0.2) is 0 Å². The lowest BCUT2D eigenvalue weighted by Gasteiger charge is -2.14. The Morgan fingerprint density at radius 2 is 2.15 bits per heavy atom. The van der Waals surface area contributed by atoms with Crippen molar-refractivity contribution in [2.45, 2.75) is 39.3 Å². The maximum atomic E-state index is 12.2. The topological polar surface area (TPSA) is 75.4 Å². The van der Waals surface area contributed by atoms with Gasteiger partial charge in [0.05, 0.1) is 11.8 Å². The molecule has 0 aliphatic rings. The molecule has 1 heterocycles. The van der Waals surface area contributed by atoms with E-state index in [1.54, 1.807) is 6.92 Å². The average molecular weight is 292 g/mol. The van der Waals surface area contributed by atoms with E-state index in [1.165, 1.54) is 11.3 Å². The summed E-state index contributed by atoms with van der Waals surface area (Å²) in [4.78, 5) is 12.8. The van der Waals surface area contributed by atoms with Crippen molar-refractivity contribution in [3.05, 3.63) is 28.6 Å². The van der Waals surface area contributed by atoms with Crippen molar-refractivity contribution >= 4 is 33.0 Å². The molecule has 2 atom stereocenters. The Bertz CT molecular complexity index is 634. The number of fused-ring (bicyclic) bond motifs is 1. The predicted octanol–water partition coefficient (Wildman–Crippen LogP) is 2.68. The number of aliphatic hydroxyl groups excluding tert-OH is 1. The van der Waals surface area contributed by atoms with Gasteiger partial charge in [-0.15, -0.1) is 11.3 Å². The molecule has 4 nitrogen and oxygen atoms in total. The monoisotopic (exact) mass is 292 g/mol. The standard InChI is InChI=1S/C15H20N2O2S/c1-8-4-5-11-12(6-8)20-14(13(11)16)15(19)17-9(2)7-10(3)18/h4-6,9-10,18H,7,16H2,1-3H3,(H,17,19). The van der Waals surface area contributed by atoms with Crippen LogP contribution in [0.1, 0.15) is 35.5 Å². The van der Waals surface area contributed by atoms with E-state index in [2.05, 4.69) is 5.32 Å². The molecule has 0 aliphatic carbocycles. The summed E-state index contributed by atoms with van der Waals surface area (Å²) in [6, 6.07) is 5.89. The van der Waals surface area contributed by atoms with E-state index in [0.29, 0.717) is 17.0 Å². The predicted molar refractivity (Wildman–Crippen MR) is 84.2 cm³/mol. The molecule has 0 saturated carbocycles. The van der Waals surface area contributed by atoms with Gasteiger partial charge in [-0.3, -0.25) is 4.79 Å². The number of aliphatic hydroxyl groups is 1. The Kier molecular flexibility index (Phi) is 4.30. The number of rotatable bonds is 4. The summed E-state index contributed by atoms with van der Waals surface area (Å²) >= 11 is 1.41. The van der Waals surface area contributed by atoms with Crippen molar-refractivity contribution in [3.63, 3.8) is 0 Å². The Labute approximate surface area is 122 Å². The fourth-order valence-corrected chi connectivity index (χ4v) is 3.38. The van der Waals surface area contributed by atoms with E-state index in [0.717, 1.165) is 15.6 Å². The summed E-state index contributed by atoms with van der Waals surface area (Å²) in [6.07, 6.45) is 0.0861. The molecule has 5 heteroatoms. The summed E-state index contributed by atoms with van der Waals surface area (Å²) in [6.45, 7) is 5.59. The van der Waals surface area contributed by atoms with Crippen LogP contribution in [0, 0.1) is 6.92 Å². The van der Waals surface area contributed by atoms with Gasteiger partial charge in [-0.1, -0.05) is 12.1 Å². The zero-order chi connectivity index (χ0) is 14.9. The number of benzene rings is 1. The Morgan fingerprint density at radius 1 is 1.45 bits per heavy atom. The van der Waals surface area contributed by atoms with Crippen molar-refractivity contribution in [2.24, 2.45) is 0 Å². The van der Waals surface area contributed by atoms with Crippen molar-refractivity contribution in [1.29, 1.82) is 0 Å². The molecule has 20 heavy (non-hydrogen) atoms. The fraction of sp³-hybridized carbons (Fsp3) is 0.400. The Morgan fingerprint density at radius 3 is 2.80 bits per heavy atom. The van der Waals surface area contributed by atoms with Gasteiger partial charge in [0, 0.05) is 16.1 Å². The molecular weight excluding hydrogens is 272 g/mol. The molecule has 1 amide bonds. The summed E-state index contributed by atoms with van der Waals surface area (Å²) < 4.78 is 1.02. The lowest BCUT2D eigenvalue weighted by atomic mass is 10.1. The Hall–Kier alpha value is -1.59. The summed E-state index contributed by atoms with van der Waals surface area (Å²) in [5.41, 5.74) is 7.75. The van der Waals surface area contributed by atoms with Crippen LogP contribution in [0.4, 0.5) is 5.69 Å². The summed E-state index contributed by atoms with van der Waals surface area (Å²) in [7, 11) is 0. The molecule has 0 radical (unpaired) electrons. The minimum absolute atomic E-state index is 0.0890. The van der Waals surface area contributed by atoms with Gasteiger partial charge < -0.3 is 16.2 Å². The van der Waals surface area contributed by atoms with Gasteiger partial charge in [0.2, 0.25) is 0 Å². The normalized spacial score (nSPS) is 14.2. The van der Waals surface area contributed by atoms with Gasteiger partial charge in [-0.05, 0) is 38.8 Å². The minimum atomic E-state index is -0.437. The molecule has 0 bridgehead atoms. The van der Waals surface area contributed by atoms with Gasteiger partial charge in [-0.25, -0.2) is 0 Å². The molecule has 2 rings (SSSR count). The van der Waals surface area contributed by atoms with Gasteiger partial charge in [0.25, 0.3) is 5.91 Å². The number of hydrogen-bond acceptors (Lipinski definition) is 4. The van der Waals surface area contributed by atoms with Crippen LogP contribution in [-0.2, 0) is 0 Å². The first-order valence-corrected chi connectivity index (χ1v) is 7.47. The lowest BCUT2D eigenvalue weighted by Crippen LogP contribution is -2.34. The van der Waals surface area contributed by atoms with Crippen LogP contribution in [0.15, 0.2) is 18.2 Å². The van der Waals surface area contributed by atoms with Crippen LogP contribution in [0.25, 0.3) is 10.1 Å². The third kappa shape index (κ3) is 3.11. The van der Waals surface area contributed by atoms with E-state index < -0.39 is 6.10 Å². The largest absolute Gasteiger partial charge is 0.397 e. The second-order valence-corrected chi connectivity index (χ2v) is 6.36. The molecule has 2 unspecified atom stereocenters. The molecule has 108 valence electrons. The number of nitrogen functional groups attached to an aromatic ring is 1. The van der Waals surface area contributed by atoms with Crippen LogP contribution in [0.5, 0.6) is 0 Å². The SMILES string of the molecule is Cc1ccc2c(N)c(C(=O)NC(C)CC(C)O)sc2c1. The molecule has 0 fully saturated rings. The molecule has 2 aromatic rings.